The zero-order valence-electron chi connectivity index (χ0n) is 11.3. The molecule has 0 amide bonds. The molecule has 0 atom stereocenters. The number of halogens is 1. The average molecular weight is 260 g/mol. The summed E-state index contributed by atoms with van der Waals surface area (Å²) in [6.07, 6.45) is 0. The minimum atomic E-state index is -0.413. The summed E-state index contributed by atoms with van der Waals surface area (Å²) in [5.41, 5.74) is 3.75. The van der Waals surface area contributed by atoms with Crippen LogP contribution in [0.1, 0.15) is 22.3 Å². The van der Waals surface area contributed by atoms with Gasteiger partial charge >= 0.3 is 0 Å². The van der Waals surface area contributed by atoms with E-state index < -0.39 is 5.82 Å². The molecular formula is C16H17FO2. The summed E-state index contributed by atoms with van der Waals surface area (Å²) in [7, 11) is 0. The van der Waals surface area contributed by atoms with Gasteiger partial charge in [0.25, 0.3) is 0 Å². The van der Waals surface area contributed by atoms with Crippen molar-refractivity contribution in [1.82, 2.24) is 0 Å². The number of ether oxygens (including phenoxy) is 1. The molecule has 2 aromatic rings. The van der Waals surface area contributed by atoms with Crippen molar-refractivity contribution in [2.24, 2.45) is 0 Å². The number of benzene rings is 2. The lowest BCUT2D eigenvalue weighted by atomic mass is 10.1. The first-order chi connectivity index (χ1) is 8.99. The first kappa shape index (κ1) is 13.6. The van der Waals surface area contributed by atoms with Gasteiger partial charge in [0.15, 0.2) is 0 Å². The van der Waals surface area contributed by atoms with E-state index in [2.05, 4.69) is 6.07 Å². The van der Waals surface area contributed by atoms with Gasteiger partial charge < -0.3 is 9.84 Å². The van der Waals surface area contributed by atoms with E-state index in [0.29, 0.717) is 17.1 Å². The van der Waals surface area contributed by atoms with Crippen molar-refractivity contribution in [2.75, 3.05) is 0 Å². The molecule has 3 heteroatoms. The fraction of sp³-hybridized carbons (Fsp3) is 0.250. The molecule has 2 nitrogen and oxygen atoms in total. The predicted octanol–water partition coefficient (Wildman–Crippen LogP) is 4.04. The SMILES string of the molecule is Cc1cc(C)c(C)c(Oc2cc(F)cc(CO)c2)c1. The van der Waals surface area contributed by atoms with Crippen molar-refractivity contribution in [3.8, 4) is 11.5 Å². The molecule has 0 aliphatic rings. The van der Waals surface area contributed by atoms with E-state index in [0.717, 1.165) is 16.7 Å². The number of aliphatic hydroxyl groups is 1. The molecule has 0 unspecified atom stereocenters. The van der Waals surface area contributed by atoms with Gasteiger partial charge in [-0.25, -0.2) is 4.39 Å². The van der Waals surface area contributed by atoms with E-state index >= 15 is 0 Å². The largest absolute Gasteiger partial charge is 0.457 e. The summed E-state index contributed by atoms with van der Waals surface area (Å²) in [6, 6.07) is 8.25. The summed E-state index contributed by atoms with van der Waals surface area (Å²) in [5.74, 6) is 0.702. The Kier molecular flexibility index (Phi) is 3.86. The Balaban J connectivity index is 2.38. The van der Waals surface area contributed by atoms with E-state index in [1.165, 1.54) is 12.1 Å². The second kappa shape index (κ2) is 5.41. The lowest BCUT2D eigenvalue weighted by Gasteiger charge is -2.12. The van der Waals surface area contributed by atoms with Gasteiger partial charge in [-0.05, 0) is 61.2 Å². The van der Waals surface area contributed by atoms with Crippen LogP contribution >= 0.6 is 0 Å². The molecule has 1 N–H and O–H groups in total. The van der Waals surface area contributed by atoms with Crippen LogP contribution in [0, 0.1) is 26.6 Å². The van der Waals surface area contributed by atoms with E-state index in [1.807, 2.05) is 26.8 Å². The highest BCUT2D eigenvalue weighted by Gasteiger charge is 2.07. The third-order valence-electron chi connectivity index (χ3n) is 3.11. The molecule has 0 fully saturated rings. The fourth-order valence-corrected chi connectivity index (χ4v) is 2.00. The van der Waals surface area contributed by atoms with Gasteiger partial charge in [-0.15, -0.1) is 0 Å². The number of rotatable bonds is 3. The summed E-state index contributed by atoms with van der Waals surface area (Å²) < 4.78 is 19.1. The second-order valence-electron chi connectivity index (χ2n) is 4.76. The lowest BCUT2D eigenvalue weighted by Crippen LogP contribution is -1.94. The maximum absolute atomic E-state index is 13.4. The Bertz CT molecular complexity index is 606. The van der Waals surface area contributed by atoms with Gasteiger partial charge in [-0.1, -0.05) is 6.07 Å². The molecule has 2 rings (SSSR count). The standard InChI is InChI=1S/C16H17FO2/c1-10-4-11(2)12(3)16(5-10)19-15-7-13(9-18)6-14(17)8-15/h4-8,18H,9H2,1-3H3. The maximum Gasteiger partial charge on any atom is 0.130 e. The Morgan fingerprint density at radius 1 is 1.05 bits per heavy atom. The van der Waals surface area contributed by atoms with Crippen LogP contribution in [0.15, 0.2) is 30.3 Å². The van der Waals surface area contributed by atoms with E-state index in [4.69, 9.17) is 9.84 Å². The van der Waals surface area contributed by atoms with Crippen molar-refractivity contribution >= 4 is 0 Å². The van der Waals surface area contributed by atoms with E-state index in [1.54, 1.807) is 6.07 Å². The van der Waals surface area contributed by atoms with Crippen LogP contribution < -0.4 is 4.74 Å². The van der Waals surface area contributed by atoms with Gasteiger partial charge in [0, 0.05) is 6.07 Å². The maximum atomic E-state index is 13.4. The van der Waals surface area contributed by atoms with Gasteiger partial charge in [0.05, 0.1) is 6.61 Å². The highest BCUT2D eigenvalue weighted by molar-refractivity contribution is 5.44. The fourth-order valence-electron chi connectivity index (χ4n) is 2.00. The van der Waals surface area contributed by atoms with Crippen LogP contribution in [0.2, 0.25) is 0 Å². The summed E-state index contributed by atoms with van der Waals surface area (Å²) in [5, 5.41) is 9.07. The van der Waals surface area contributed by atoms with Gasteiger partial charge in [-0.2, -0.15) is 0 Å². The topological polar surface area (TPSA) is 29.5 Å². The monoisotopic (exact) mass is 260 g/mol. The quantitative estimate of drug-likeness (QED) is 0.902. The third-order valence-corrected chi connectivity index (χ3v) is 3.11. The molecule has 0 spiro atoms. The highest BCUT2D eigenvalue weighted by atomic mass is 19.1. The molecule has 100 valence electrons. The van der Waals surface area contributed by atoms with Crippen LogP contribution in [-0.4, -0.2) is 5.11 Å². The summed E-state index contributed by atoms with van der Waals surface area (Å²) in [4.78, 5) is 0. The second-order valence-corrected chi connectivity index (χ2v) is 4.76. The zero-order valence-corrected chi connectivity index (χ0v) is 11.3. The Morgan fingerprint density at radius 2 is 1.79 bits per heavy atom. The Morgan fingerprint density at radius 3 is 2.47 bits per heavy atom. The molecule has 0 aliphatic carbocycles. The van der Waals surface area contributed by atoms with Crippen molar-refractivity contribution < 1.29 is 14.2 Å². The van der Waals surface area contributed by atoms with Crippen molar-refractivity contribution in [1.29, 1.82) is 0 Å². The van der Waals surface area contributed by atoms with Crippen LogP contribution in [0.3, 0.4) is 0 Å². The molecular weight excluding hydrogens is 243 g/mol. The molecule has 0 saturated carbocycles. The minimum absolute atomic E-state index is 0.208. The first-order valence-electron chi connectivity index (χ1n) is 6.15. The molecule has 0 heterocycles. The molecule has 19 heavy (non-hydrogen) atoms. The molecule has 0 bridgehead atoms. The number of hydrogen-bond donors (Lipinski definition) is 1. The average Bonchev–Trinajstić information content (AvgIpc) is 2.34. The predicted molar refractivity (Wildman–Crippen MR) is 73.0 cm³/mol. The highest BCUT2D eigenvalue weighted by Crippen LogP contribution is 2.29. The van der Waals surface area contributed by atoms with Crippen LogP contribution in [0.4, 0.5) is 4.39 Å². The van der Waals surface area contributed by atoms with E-state index in [9.17, 15) is 4.39 Å². The summed E-state index contributed by atoms with van der Waals surface area (Å²) >= 11 is 0. The van der Waals surface area contributed by atoms with Crippen molar-refractivity contribution in [3.05, 3.63) is 58.4 Å². The molecule has 0 radical (unpaired) electrons. The summed E-state index contributed by atoms with van der Waals surface area (Å²) in [6.45, 7) is 5.76. The normalized spacial score (nSPS) is 10.6. The van der Waals surface area contributed by atoms with Crippen molar-refractivity contribution in [3.63, 3.8) is 0 Å². The Hall–Kier alpha value is -1.87. The third kappa shape index (κ3) is 3.12. The zero-order chi connectivity index (χ0) is 14.0. The molecule has 0 aliphatic heterocycles. The number of aliphatic hydroxyl groups excluding tert-OH is 1. The van der Waals surface area contributed by atoms with Crippen LogP contribution in [-0.2, 0) is 6.61 Å². The minimum Gasteiger partial charge on any atom is -0.457 e. The van der Waals surface area contributed by atoms with Crippen LogP contribution in [0.5, 0.6) is 11.5 Å². The van der Waals surface area contributed by atoms with Crippen LogP contribution in [0.25, 0.3) is 0 Å². The number of hydrogen-bond acceptors (Lipinski definition) is 2. The van der Waals surface area contributed by atoms with Crippen molar-refractivity contribution in [2.45, 2.75) is 27.4 Å². The molecule has 2 aromatic carbocycles. The molecule has 0 aromatic heterocycles. The number of aryl methyl sites for hydroxylation is 2. The van der Waals surface area contributed by atoms with Gasteiger partial charge in [0.1, 0.15) is 17.3 Å². The van der Waals surface area contributed by atoms with Gasteiger partial charge in [-0.3, -0.25) is 0 Å². The molecule has 0 saturated heterocycles. The smallest absolute Gasteiger partial charge is 0.130 e. The van der Waals surface area contributed by atoms with E-state index in [-0.39, 0.29) is 6.61 Å². The lowest BCUT2D eigenvalue weighted by molar-refractivity contribution is 0.280. The first-order valence-corrected chi connectivity index (χ1v) is 6.15. The Labute approximate surface area is 112 Å². The van der Waals surface area contributed by atoms with Gasteiger partial charge in [0.2, 0.25) is 0 Å².